The van der Waals surface area contributed by atoms with Crippen LogP contribution in [0, 0.1) is 10.1 Å². The van der Waals surface area contributed by atoms with Gasteiger partial charge in [-0.25, -0.2) is 9.50 Å². The molecule has 0 spiro atoms. The van der Waals surface area contributed by atoms with Crippen molar-refractivity contribution in [3.8, 4) is 5.75 Å². The average Bonchev–Trinajstić information content (AvgIpc) is 3.11. The van der Waals surface area contributed by atoms with E-state index in [0.717, 1.165) is 11.0 Å². The van der Waals surface area contributed by atoms with Gasteiger partial charge in [0.1, 0.15) is 11.4 Å². The number of aromatic nitrogens is 4. The van der Waals surface area contributed by atoms with Crippen LogP contribution in [0.1, 0.15) is 0 Å². The first kappa shape index (κ1) is 14.0. The van der Waals surface area contributed by atoms with Crippen LogP contribution in [0.15, 0.2) is 42.5 Å². The van der Waals surface area contributed by atoms with Crippen molar-refractivity contribution in [1.29, 1.82) is 0 Å². The Kier molecular flexibility index (Phi) is 3.05. The van der Waals surface area contributed by atoms with E-state index < -0.39 is 4.92 Å². The number of hydrogen-bond donors (Lipinski definition) is 2. The normalized spacial score (nSPS) is 11.0. The smallest absolute Gasteiger partial charge is 0.292 e. The van der Waals surface area contributed by atoms with Gasteiger partial charge in [-0.05, 0) is 18.2 Å². The van der Waals surface area contributed by atoms with Crippen molar-refractivity contribution in [3.63, 3.8) is 0 Å². The number of methoxy groups -OCH3 is 1. The van der Waals surface area contributed by atoms with Gasteiger partial charge in [-0.15, -0.1) is 0 Å². The van der Waals surface area contributed by atoms with Gasteiger partial charge in [-0.1, -0.05) is 12.1 Å². The Hall–Kier alpha value is -3.62. The second-order valence-electron chi connectivity index (χ2n) is 5.07. The highest BCUT2D eigenvalue weighted by Gasteiger charge is 2.15. The summed E-state index contributed by atoms with van der Waals surface area (Å²) in [7, 11) is 1.59. The number of ether oxygens (including phenoxy) is 1. The molecule has 0 aliphatic heterocycles. The number of nitro groups is 1. The predicted molar refractivity (Wildman–Crippen MR) is 87.8 cm³/mol. The number of rotatable bonds is 4. The number of hydrogen-bond acceptors (Lipinski definition) is 6. The van der Waals surface area contributed by atoms with Crippen LogP contribution in [0.3, 0.4) is 0 Å². The highest BCUT2D eigenvalue weighted by molar-refractivity contribution is 5.81. The molecule has 4 aromatic rings. The number of anilines is 2. The second kappa shape index (κ2) is 5.23. The molecule has 9 nitrogen and oxygen atoms in total. The van der Waals surface area contributed by atoms with Crippen LogP contribution in [-0.2, 0) is 0 Å². The minimum Gasteiger partial charge on any atom is -0.497 e. The maximum absolute atomic E-state index is 11.1. The first-order valence-corrected chi connectivity index (χ1v) is 7.08. The summed E-state index contributed by atoms with van der Waals surface area (Å²) < 4.78 is 6.88. The summed E-state index contributed by atoms with van der Waals surface area (Å²) >= 11 is 0. The van der Waals surface area contributed by atoms with Crippen LogP contribution < -0.4 is 10.1 Å². The molecule has 2 heterocycles. The maximum Gasteiger partial charge on any atom is 0.292 e. The summed E-state index contributed by atoms with van der Waals surface area (Å²) in [6, 6.07) is 11.9. The van der Waals surface area contributed by atoms with Gasteiger partial charge in [-0.3, -0.25) is 15.2 Å². The number of nitrogens with zero attached hydrogens (tertiary/aromatic N) is 4. The third-order valence-electron chi connectivity index (χ3n) is 3.63. The van der Waals surface area contributed by atoms with Crippen molar-refractivity contribution in [2.45, 2.75) is 0 Å². The lowest BCUT2D eigenvalue weighted by Gasteiger charge is -2.03. The van der Waals surface area contributed by atoms with E-state index in [-0.39, 0.29) is 5.69 Å². The number of H-pyrrole nitrogens is 1. The number of nitro benzene ring substituents is 1. The molecule has 4 rings (SSSR count). The molecule has 2 N–H and O–H groups in total. The van der Waals surface area contributed by atoms with Crippen molar-refractivity contribution in [2.24, 2.45) is 0 Å². The summed E-state index contributed by atoms with van der Waals surface area (Å²) in [6.07, 6.45) is 0. The lowest BCUT2D eigenvalue weighted by Crippen LogP contribution is -1.98. The molecule has 0 saturated carbocycles. The Bertz CT molecular complexity index is 1070. The molecule has 24 heavy (non-hydrogen) atoms. The van der Waals surface area contributed by atoms with Crippen LogP contribution in [0.4, 0.5) is 17.3 Å². The van der Waals surface area contributed by atoms with Crippen molar-refractivity contribution in [2.75, 3.05) is 12.4 Å². The fourth-order valence-electron chi connectivity index (χ4n) is 2.51. The Labute approximate surface area is 135 Å². The molecule has 9 heteroatoms. The summed E-state index contributed by atoms with van der Waals surface area (Å²) in [5.74, 6) is 1.53. The molecule has 0 saturated heterocycles. The minimum absolute atomic E-state index is 0.0267. The summed E-state index contributed by atoms with van der Waals surface area (Å²) in [5.41, 5.74) is 1.89. The highest BCUT2D eigenvalue weighted by atomic mass is 16.6. The second-order valence-corrected chi connectivity index (χ2v) is 5.07. The third-order valence-corrected chi connectivity index (χ3v) is 3.63. The molecule has 120 valence electrons. The van der Waals surface area contributed by atoms with E-state index in [1.807, 2.05) is 18.2 Å². The Morgan fingerprint density at radius 3 is 2.88 bits per heavy atom. The van der Waals surface area contributed by atoms with Crippen LogP contribution >= 0.6 is 0 Å². The van der Waals surface area contributed by atoms with Crippen molar-refractivity contribution < 1.29 is 9.66 Å². The standard InChI is InChI=1S/C15H12N6O3/c1-24-9-6-7-12-11(8-9)17-15-18-14(19-20(12)15)16-10-4-2-3-5-13(10)21(22)23/h2-8H,1H3,(H2,16,17,18,19). The molecule has 0 radical (unpaired) electrons. The molecule has 2 aromatic heterocycles. The Morgan fingerprint density at radius 2 is 2.08 bits per heavy atom. The number of para-hydroxylation sites is 2. The zero-order chi connectivity index (χ0) is 16.7. The van der Waals surface area contributed by atoms with Gasteiger partial charge >= 0.3 is 0 Å². The zero-order valence-corrected chi connectivity index (χ0v) is 12.6. The highest BCUT2D eigenvalue weighted by Crippen LogP contribution is 2.27. The summed E-state index contributed by atoms with van der Waals surface area (Å²) in [4.78, 5) is 19.4. The summed E-state index contributed by atoms with van der Waals surface area (Å²) in [5, 5.41) is 17.0. The van der Waals surface area contributed by atoms with Crippen molar-refractivity contribution in [3.05, 3.63) is 52.6 Å². The van der Waals surface area contributed by atoms with Crippen LogP contribution in [-0.4, -0.2) is 31.6 Å². The minimum atomic E-state index is -0.446. The number of imidazole rings is 1. The van der Waals surface area contributed by atoms with Crippen molar-refractivity contribution in [1.82, 2.24) is 19.6 Å². The van der Waals surface area contributed by atoms with E-state index in [0.29, 0.717) is 23.2 Å². The zero-order valence-electron chi connectivity index (χ0n) is 12.6. The van der Waals surface area contributed by atoms with Crippen LogP contribution in [0.2, 0.25) is 0 Å². The molecular formula is C15H12N6O3. The molecule has 0 unspecified atom stereocenters. The number of benzene rings is 2. The molecule has 0 aliphatic carbocycles. The number of fused-ring (bicyclic) bond motifs is 3. The van der Waals surface area contributed by atoms with Gasteiger partial charge in [0, 0.05) is 12.1 Å². The predicted octanol–water partition coefficient (Wildman–Crippen LogP) is 2.87. The third kappa shape index (κ3) is 2.19. The first-order chi connectivity index (χ1) is 11.7. The largest absolute Gasteiger partial charge is 0.497 e. The monoisotopic (exact) mass is 324 g/mol. The average molecular weight is 324 g/mol. The van der Waals surface area contributed by atoms with Gasteiger partial charge in [0.2, 0.25) is 5.95 Å². The molecule has 2 aromatic carbocycles. The molecular weight excluding hydrogens is 312 g/mol. The number of aromatic amines is 1. The van der Waals surface area contributed by atoms with E-state index >= 15 is 0 Å². The topological polar surface area (TPSA) is 110 Å². The van der Waals surface area contributed by atoms with Crippen LogP contribution in [0.25, 0.3) is 16.8 Å². The molecule has 0 amide bonds. The van der Waals surface area contributed by atoms with Crippen LogP contribution in [0.5, 0.6) is 5.75 Å². The lowest BCUT2D eigenvalue weighted by atomic mass is 10.3. The fourth-order valence-corrected chi connectivity index (χ4v) is 2.51. The molecule has 0 fully saturated rings. The van der Waals surface area contributed by atoms with E-state index in [9.17, 15) is 10.1 Å². The van der Waals surface area contributed by atoms with Gasteiger partial charge in [0.15, 0.2) is 0 Å². The first-order valence-electron chi connectivity index (χ1n) is 7.08. The van der Waals surface area contributed by atoms with Gasteiger partial charge < -0.3 is 10.1 Å². The van der Waals surface area contributed by atoms with E-state index in [1.165, 1.54) is 6.07 Å². The Balaban J connectivity index is 1.75. The summed E-state index contributed by atoms with van der Waals surface area (Å²) in [6.45, 7) is 0. The van der Waals surface area contributed by atoms with E-state index in [4.69, 9.17) is 4.74 Å². The molecule has 0 aliphatic rings. The lowest BCUT2D eigenvalue weighted by molar-refractivity contribution is -0.383. The SMILES string of the molecule is COc1ccc2c(c1)nc1nc(Nc3ccccc3[N+](=O)[O-])[nH]n12. The van der Waals surface area contributed by atoms with E-state index in [2.05, 4.69) is 20.4 Å². The van der Waals surface area contributed by atoms with Gasteiger partial charge in [-0.2, -0.15) is 4.98 Å². The Morgan fingerprint density at radius 1 is 1.25 bits per heavy atom. The van der Waals surface area contributed by atoms with Gasteiger partial charge in [0.25, 0.3) is 11.5 Å². The fraction of sp³-hybridized carbons (Fsp3) is 0.0667. The maximum atomic E-state index is 11.1. The van der Waals surface area contributed by atoms with Gasteiger partial charge in [0.05, 0.1) is 23.1 Å². The molecule has 0 atom stereocenters. The van der Waals surface area contributed by atoms with Crippen molar-refractivity contribution >= 4 is 34.1 Å². The quantitative estimate of drug-likeness (QED) is 0.441. The van der Waals surface area contributed by atoms with E-state index in [1.54, 1.807) is 29.8 Å². The molecule has 0 bridgehead atoms. The number of nitrogens with one attached hydrogen (secondary N) is 2.